The summed E-state index contributed by atoms with van der Waals surface area (Å²) < 4.78 is 12.8. The normalized spacial score (nSPS) is 10.6. The summed E-state index contributed by atoms with van der Waals surface area (Å²) in [5.41, 5.74) is 2.75. The Balaban J connectivity index is 1.59. The molecular weight excluding hydrogens is 366 g/mol. The van der Waals surface area contributed by atoms with Crippen LogP contribution >= 0.6 is 0 Å². The van der Waals surface area contributed by atoms with Crippen LogP contribution in [-0.2, 0) is 13.0 Å². The van der Waals surface area contributed by atoms with E-state index in [4.69, 9.17) is 9.47 Å². The topological polar surface area (TPSA) is 56.6 Å². The maximum Gasteiger partial charge on any atom is 0.257 e. The highest BCUT2D eigenvalue weighted by atomic mass is 16.5. The lowest BCUT2D eigenvalue weighted by atomic mass is 10.1. The minimum absolute atomic E-state index is 0.0421. The van der Waals surface area contributed by atoms with Gasteiger partial charge in [0.1, 0.15) is 18.1 Å². The largest absolute Gasteiger partial charge is 0.497 e. The predicted octanol–water partition coefficient (Wildman–Crippen LogP) is 3.65. The summed E-state index contributed by atoms with van der Waals surface area (Å²) in [5.74, 6) is 1.49. The third-order valence-corrected chi connectivity index (χ3v) is 4.79. The van der Waals surface area contributed by atoms with Crippen molar-refractivity contribution in [3.05, 3.63) is 77.6 Å². The number of amides is 1. The first-order chi connectivity index (χ1) is 14.1. The third kappa shape index (κ3) is 5.16. The number of benzene rings is 2. The Kier molecular flexibility index (Phi) is 6.89. The van der Waals surface area contributed by atoms with Gasteiger partial charge in [-0.2, -0.15) is 5.10 Å². The second-order valence-electron chi connectivity index (χ2n) is 6.75. The Morgan fingerprint density at radius 2 is 1.76 bits per heavy atom. The van der Waals surface area contributed by atoms with Crippen molar-refractivity contribution in [2.45, 2.75) is 19.9 Å². The Hall–Kier alpha value is -3.28. The summed E-state index contributed by atoms with van der Waals surface area (Å²) in [7, 11) is 3.41. The second kappa shape index (κ2) is 9.78. The fourth-order valence-electron chi connectivity index (χ4n) is 3.13. The highest BCUT2D eigenvalue weighted by molar-refractivity contribution is 5.95. The van der Waals surface area contributed by atoms with Gasteiger partial charge in [-0.25, -0.2) is 0 Å². The molecule has 0 bridgehead atoms. The molecule has 0 aliphatic heterocycles. The van der Waals surface area contributed by atoms with E-state index in [1.54, 1.807) is 25.3 Å². The molecule has 1 heterocycles. The van der Waals surface area contributed by atoms with Crippen LogP contribution in [0.1, 0.15) is 28.5 Å². The standard InChI is InChI=1S/C23H27N3O3/c1-4-22-21(16-24-26(22)17-18-8-6-5-7-9-18)23(27)25(2)14-15-29-20-12-10-19(28-3)11-13-20/h5-13,16H,4,14-15,17H2,1-3H3. The van der Waals surface area contributed by atoms with Gasteiger partial charge in [-0.1, -0.05) is 37.3 Å². The lowest BCUT2D eigenvalue weighted by Crippen LogP contribution is -2.31. The van der Waals surface area contributed by atoms with E-state index in [2.05, 4.69) is 17.2 Å². The number of carbonyl (C=O) groups excluding carboxylic acids is 1. The quantitative estimate of drug-likeness (QED) is 0.557. The number of likely N-dealkylation sites (N-methyl/N-ethyl adjacent to an activating group) is 1. The van der Waals surface area contributed by atoms with Crippen molar-refractivity contribution < 1.29 is 14.3 Å². The molecule has 6 heteroatoms. The zero-order chi connectivity index (χ0) is 20.6. The Bertz CT molecular complexity index is 920. The molecular formula is C23H27N3O3. The van der Waals surface area contributed by atoms with Crippen LogP contribution in [-0.4, -0.2) is 47.9 Å². The Labute approximate surface area is 171 Å². The number of rotatable bonds is 9. The van der Waals surface area contributed by atoms with Gasteiger partial charge in [-0.3, -0.25) is 9.48 Å². The molecule has 1 aromatic heterocycles. The van der Waals surface area contributed by atoms with Crippen molar-refractivity contribution in [1.29, 1.82) is 0 Å². The predicted molar refractivity (Wildman–Crippen MR) is 113 cm³/mol. The fourth-order valence-corrected chi connectivity index (χ4v) is 3.13. The number of carbonyl (C=O) groups is 1. The van der Waals surface area contributed by atoms with E-state index in [9.17, 15) is 4.79 Å². The first-order valence-electron chi connectivity index (χ1n) is 9.73. The average molecular weight is 393 g/mol. The van der Waals surface area contributed by atoms with Crippen LogP contribution in [0.3, 0.4) is 0 Å². The summed E-state index contributed by atoms with van der Waals surface area (Å²) in [6.45, 7) is 3.59. The number of nitrogens with zero attached hydrogens (tertiary/aromatic N) is 3. The molecule has 0 fully saturated rings. The van der Waals surface area contributed by atoms with Crippen molar-refractivity contribution in [2.75, 3.05) is 27.3 Å². The highest BCUT2D eigenvalue weighted by Gasteiger charge is 2.19. The lowest BCUT2D eigenvalue weighted by Gasteiger charge is -2.18. The van der Waals surface area contributed by atoms with Crippen molar-refractivity contribution in [2.24, 2.45) is 0 Å². The van der Waals surface area contributed by atoms with E-state index in [0.29, 0.717) is 25.3 Å². The molecule has 0 saturated heterocycles. The van der Waals surface area contributed by atoms with Crippen molar-refractivity contribution in [3.63, 3.8) is 0 Å². The number of hydrogen-bond acceptors (Lipinski definition) is 4. The molecule has 3 aromatic rings. The molecule has 0 aliphatic rings. The van der Waals surface area contributed by atoms with Crippen LogP contribution in [0.15, 0.2) is 60.8 Å². The highest BCUT2D eigenvalue weighted by Crippen LogP contribution is 2.17. The van der Waals surface area contributed by atoms with Gasteiger partial charge in [0.05, 0.1) is 37.7 Å². The molecule has 0 unspecified atom stereocenters. The van der Waals surface area contributed by atoms with Crippen molar-refractivity contribution >= 4 is 5.91 Å². The van der Waals surface area contributed by atoms with E-state index in [-0.39, 0.29) is 5.91 Å². The maximum atomic E-state index is 12.9. The molecule has 6 nitrogen and oxygen atoms in total. The Morgan fingerprint density at radius 3 is 2.41 bits per heavy atom. The van der Waals surface area contributed by atoms with E-state index >= 15 is 0 Å². The molecule has 0 saturated carbocycles. The monoisotopic (exact) mass is 393 g/mol. The van der Waals surface area contributed by atoms with Crippen LogP contribution in [0.25, 0.3) is 0 Å². The Morgan fingerprint density at radius 1 is 1.07 bits per heavy atom. The minimum atomic E-state index is -0.0421. The van der Waals surface area contributed by atoms with Gasteiger partial charge >= 0.3 is 0 Å². The zero-order valence-electron chi connectivity index (χ0n) is 17.2. The molecule has 0 atom stereocenters. The smallest absolute Gasteiger partial charge is 0.257 e. The van der Waals surface area contributed by atoms with E-state index in [1.165, 1.54) is 0 Å². The zero-order valence-corrected chi connectivity index (χ0v) is 17.2. The summed E-state index contributed by atoms with van der Waals surface area (Å²) in [5, 5.41) is 4.46. The number of methoxy groups -OCH3 is 1. The SMILES string of the molecule is CCc1c(C(=O)N(C)CCOc2ccc(OC)cc2)cnn1Cc1ccccc1. The second-order valence-corrected chi connectivity index (χ2v) is 6.75. The first-order valence-corrected chi connectivity index (χ1v) is 9.73. The van der Waals surface area contributed by atoms with Crippen LogP contribution in [0.4, 0.5) is 0 Å². The number of aromatic nitrogens is 2. The molecule has 2 aromatic carbocycles. The van der Waals surface area contributed by atoms with E-state index in [1.807, 2.05) is 54.1 Å². The number of hydrogen-bond donors (Lipinski definition) is 0. The fraction of sp³-hybridized carbons (Fsp3) is 0.304. The summed E-state index contributed by atoms with van der Waals surface area (Å²) in [6, 6.07) is 17.5. The lowest BCUT2D eigenvalue weighted by molar-refractivity contribution is 0.0772. The molecule has 0 spiro atoms. The van der Waals surface area contributed by atoms with Gasteiger partial charge in [0.15, 0.2) is 0 Å². The van der Waals surface area contributed by atoms with Gasteiger partial charge in [0.2, 0.25) is 0 Å². The number of ether oxygens (including phenoxy) is 2. The maximum absolute atomic E-state index is 12.9. The minimum Gasteiger partial charge on any atom is -0.497 e. The van der Waals surface area contributed by atoms with Crippen LogP contribution in [0.2, 0.25) is 0 Å². The summed E-state index contributed by atoms with van der Waals surface area (Å²) >= 11 is 0. The first kappa shape index (κ1) is 20.5. The van der Waals surface area contributed by atoms with Gasteiger partial charge in [-0.05, 0) is 36.2 Å². The van der Waals surface area contributed by atoms with Crippen LogP contribution < -0.4 is 9.47 Å². The third-order valence-electron chi connectivity index (χ3n) is 4.79. The van der Waals surface area contributed by atoms with E-state index in [0.717, 1.165) is 29.2 Å². The van der Waals surface area contributed by atoms with Crippen LogP contribution in [0, 0.1) is 0 Å². The molecule has 152 valence electrons. The summed E-state index contributed by atoms with van der Waals surface area (Å²) in [6.07, 6.45) is 2.41. The van der Waals surface area contributed by atoms with Crippen LogP contribution in [0.5, 0.6) is 11.5 Å². The van der Waals surface area contributed by atoms with Crippen molar-refractivity contribution in [3.8, 4) is 11.5 Å². The average Bonchev–Trinajstić information content (AvgIpc) is 3.16. The van der Waals surface area contributed by atoms with Gasteiger partial charge < -0.3 is 14.4 Å². The molecule has 1 amide bonds. The van der Waals surface area contributed by atoms with Crippen molar-refractivity contribution in [1.82, 2.24) is 14.7 Å². The van der Waals surface area contributed by atoms with Gasteiger partial charge in [-0.15, -0.1) is 0 Å². The van der Waals surface area contributed by atoms with Gasteiger partial charge in [0, 0.05) is 7.05 Å². The molecule has 0 radical (unpaired) electrons. The summed E-state index contributed by atoms with van der Waals surface area (Å²) in [4.78, 5) is 14.6. The van der Waals surface area contributed by atoms with E-state index < -0.39 is 0 Å². The molecule has 0 N–H and O–H groups in total. The molecule has 3 rings (SSSR count). The van der Waals surface area contributed by atoms with Gasteiger partial charge in [0.25, 0.3) is 5.91 Å². The molecule has 29 heavy (non-hydrogen) atoms. The molecule has 0 aliphatic carbocycles.